The molecular weight excluding hydrogens is 390 g/mol. The van der Waals surface area contributed by atoms with E-state index in [1.54, 1.807) is 6.92 Å². The molecule has 1 aliphatic heterocycles. The Balaban J connectivity index is 1.68. The summed E-state index contributed by atoms with van der Waals surface area (Å²) >= 11 is 0. The number of rotatable bonds is 6. The summed E-state index contributed by atoms with van der Waals surface area (Å²) in [4.78, 5) is 15.2. The number of carbonyl (C=O) groups is 1. The maximum absolute atomic E-state index is 13.2. The summed E-state index contributed by atoms with van der Waals surface area (Å²) in [5.74, 6) is 1.59. The van der Waals surface area contributed by atoms with Crippen LogP contribution in [0.5, 0.6) is 0 Å². The molecule has 1 aromatic carbocycles. The van der Waals surface area contributed by atoms with Crippen LogP contribution in [-0.4, -0.2) is 43.4 Å². The second-order valence-electron chi connectivity index (χ2n) is 8.89. The zero-order chi connectivity index (χ0) is 22.0. The number of carbonyl (C=O) groups excluding carboxylic acids is 1. The second-order valence-corrected chi connectivity index (χ2v) is 8.89. The number of amides is 1. The van der Waals surface area contributed by atoms with Crippen molar-refractivity contribution in [1.29, 1.82) is 0 Å². The third-order valence-electron chi connectivity index (χ3n) is 5.91. The number of aromatic nitrogens is 4. The Hall–Kier alpha value is -2.96. The van der Waals surface area contributed by atoms with Gasteiger partial charge in [-0.05, 0) is 69.2 Å². The molecule has 31 heavy (non-hydrogen) atoms. The van der Waals surface area contributed by atoms with Crippen molar-refractivity contribution < 1.29 is 9.21 Å². The first-order valence-electron chi connectivity index (χ1n) is 11.2. The zero-order valence-corrected chi connectivity index (χ0v) is 18.8. The molecule has 7 heteroatoms. The fraction of sp³-hybridized carbons (Fsp3) is 0.500. The van der Waals surface area contributed by atoms with Gasteiger partial charge in [-0.3, -0.25) is 4.79 Å². The molecule has 0 spiro atoms. The van der Waals surface area contributed by atoms with Crippen molar-refractivity contribution in [3.8, 4) is 17.3 Å². The summed E-state index contributed by atoms with van der Waals surface area (Å²) in [5, 5.41) is 12.8. The first-order chi connectivity index (χ1) is 14.9. The topological polar surface area (TPSA) is 77.1 Å². The standard InChI is InChI=1S/C24H31N5O2/c1-16(2)11-12-21-15-22(23-26-25-18(4)31-23)27-29(21)20-10-7-9-19(14-20)24(30)28-13-6-5-8-17(28)3/h7,9-10,14-17H,5-6,8,11-13H2,1-4H3/t17-/m1/s1. The Morgan fingerprint density at radius 2 is 2.06 bits per heavy atom. The van der Waals surface area contributed by atoms with Gasteiger partial charge in [-0.2, -0.15) is 5.10 Å². The smallest absolute Gasteiger partial charge is 0.268 e. The highest BCUT2D eigenvalue weighted by atomic mass is 16.4. The van der Waals surface area contributed by atoms with Crippen molar-refractivity contribution in [3.05, 3.63) is 47.5 Å². The van der Waals surface area contributed by atoms with Crippen molar-refractivity contribution in [2.45, 2.75) is 65.8 Å². The molecule has 1 saturated heterocycles. The Morgan fingerprint density at radius 1 is 1.23 bits per heavy atom. The molecule has 3 heterocycles. The molecule has 0 N–H and O–H groups in total. The Labute approximate surface area is 183 Å². The number of nitrogens with zero attached hydrogens (tertiary/aromatic N) is 5. The maximum Gasteiger partial charge on any atom is 0.268 e. The van der Waals surface area contributed by atoms with Gasteiger partial charge in [-0.25, -0.2) is 4.68 Å². The van der Waals surface area contributed by atoms with E-state index in [4.69, 9.17) is 9.52 Å². The van der Waals surface area contributed by atoms with Crippen LogP contribution in [0.15, 0.2) is 34.7 Å². The van der Waals surface area contributed by atoms with Gasteiger partial charge in [-0.1, -0.05) is 19.9 Å². The van der Waals surface area contributed by atoms with Crippen LogP contribution in [0.1, 0.15) is 68.4 Å². The van der Waals surface area contributed by atoms with Gasteiger partial charge >= 0.3 is 0 Å². The van der Waals surface area contributed by atoms with Gasteiger partial charge < -0.3 is 9.32 Å². The van der Waals surface area contributed by atoms with Crippen LogP contribution in [0, 0.1) is 12.8 Å². The molecule has 0 unspecified atom stereocenters. The van der Waals surface area contributed by atoms with Crippen molar-refractivity contribution in [2.75, 3.05) is 6.54 Å². The number of piperidine rings is 1. The molecule has 0 aliphatic carbocycles. The van der Waals surface area contributed by atoms with Gasteiger partial charge in [0.15, 0.2) is 0 Å². The molecule has 1 aliphatic rings. The predicted molar refractivity (Wildman–Crippen MR) is 119 cm³/mol. The molecule has 1 amide bonds. The third-order valence-corrected chi connectivity index (χ3v) is 5.91. The molecular formula is C24H31N5O2. The van der Waals surface area contributed by atoms with Gasteiger partial charge in [0, 0.05) is 30.8 Å². The lowest BCUT2D eigenvalue weighted by Crippen LogP contribution is -2.42. The molecule has 4 rings (SSSR count). The average Bonchev–Trinajstić information content (AvgIpc) is 3.38. The van der Waals surface area contributed by atoms with Crippen LogP contribution in [-0.2, 0) is 6.42 Å². The number of hydrogen-bond acceptors (Lipinski definition) is 5. The average molecular weight is 422 g/mol. The van der Waals surface area contributed by atoms with E-state index in [2.05, 4.69) is 31.0 Å². The monoisotopic (exact) mass is 421 g/mol. The van der Waals surface area contributed by atoms with E-state index in [9.17, 15) is 4.79 Å². The zero-order valence-electron chi connectivity index (χ0n) is 18.8. The first-order valence-corrected chi connectivity index (χ1v) is 11.2. The van der Waals surface area contributed by atoms with E-state index < -0.39 is 0 Å². The van der Waals surface area contributed by atoms with Gasteiger partial charge in [0.2, 0.25) is 5.89 Å². The lowest BCUT2D eigenvalue weighted by atomic mass is 10.0. The normalized spacial score (nSPS) is 16.8. The van der Waals surface area contributed by atoms with Gasteiger partial charge in [0.1, 0.15) is 5.69 Å². The fourth-order valence-electron chi connectivity index (χ4n) is 4.10. The third kappa shape index (κ3) is 4.70. The number of benzene rings is 1. The van der Waals surface area contributed by atoms with E-state index >= 15 is 0 Å². The second kappa shape index (κ2) is 9.04. The van der Waals surface area contributed by atoms with Crippen LogP contribution in [0.3, 0.4) is 0 Å². The molecule has 1 fully saturated rings. The summed E-state index contributed by atoms with van der Waals surface area (Å²) < 4.78 is 7.50. The van der Waals surface area contributed by atoms with Gasteiger partial charge in [0.25, 0.3) is 11.8 Å². The highest BCUT2D eigenvalue weighted by molar-refractivity contribution is 5.95. The van der Waals surface area contributed by atoms with Crippen LogP contribution in [0.25, 0.3) is 17.3 Å². The maximum atomic E-state index is 13.2. The molecule has 0 radical (unpaired) electrons. The Morgan fingerprint density at radius 3 is 2.77 bits per heavy atom. The van der Waals surface area contributed by atoms with E-state index in [0.717, 1.165) is 43.6 Å². The summed E-state index contributed by atoms with van der Waals surface area (Å²) in [7, 11) is 0. The summed E-state index contributed by atoms with van der Waals surface area (Å²) in [5.41, 5.74) is 3.29. The van der Waals surface area contributed by atoms with E-state index in [0.29, 0.717) is 29.0 Å². The van der Waals surface area contributed by atoms with Crippen molar-refractivity contribution >= 4 is 5.91 Å². The molecule has 1 atom stereocenters. The van der Waals surface area contributed by atoms with E-state index in [1.165, 1.54) is 6.42 Å². The minimum absolute atomic E-state index is 0.0951. The minimum atomic E-state index is 0.0951. The summed E-state index contributed by atoms with van der Waals surface area (Å²) in [6.07, 6.45) is 5.24. The molecule has 164 valence electrons. The largest absolute Gasteiger partial charge is 0.420 e. The lowest BCUT2D eigenvalue weighted by Gasteiger charge is -2.33. The SMILES string of the molecule is Cc1nnc(-c2cc(CCC(C)C)n(-c3cccc(C(=O)N4CCCC[C@H]4C)c3)n2)o1. The molecule has 7 nitrogen and oxygen atoms in total. The predicted octanol–water partition coefficient (Wildman–Crippen LogP) is 4.83. The highest BCUT2D eigenvalue weighted by Crippen LogP contribution is 2.24. The van der Waals surface area contributed by atoms with Gasteiger partial charge in [0.05, 0.1) is 5.69 Å². The first kappa shape index (κ1) is 21.3. The van der Waals surface area contributed by atoms with Crippen molar-refractivity contribution in [3.63, 3.8) is 0 Å². The minimum Gasteiger partial charge on any atom is -0.420 e. The Bertz CT molecular complexity index is 1050. The lowest BCUT2D eigenvalue weighted by molar-refractivity contribution is 0.0635. The Kier molecular flexibility index (Phi) is 6.20. The van der Waals surface area contributed by atoms with Crippen molar-refractivity contribution in [2.24, 2.45) is 5.92 Å². The van der Waals surface area contributed by atoms with Crippen LogP contribution in [0.2, 0.25) is 0 Å². The molecule has 3 aromatic rings. The number of likely N-dealkylation sites (tertiary alicyclic amines) is 1. The quantitative estimate of drug-likeness (QED) is 0.569. The highest BCUT2D eigenvalue weighted by Gasteiger charge is 2.25. The fourth-order valence-corrected chi connectivity index (χ4v) is 4.10. The van der Waals surface area contributed by atoms with E-state index in [-0.39, 0.29) is 11.9 Å². The van der Waals surface area contributed by atoms with Crippen LogP contribution < -0.4 is 0 Å². The van der Waals surface area contributed by atoms with E-state index in [1.807, 2.05) is 39.9 Å². The van der Waals surface area contributed by atoms with Crippen LogP contribution in [0.4, 0.5) is 0 Å². The number of aryl methyl sites for hydroxylation is 2. The number of hydrogen-bond donors (Lipinski definition) is 0. The molecule has 0 bridgehead atoms. The van der Waals surface area contributed by atoms with Crippen molar-refractivity contribution in [1.82, 2.24) is 24.9 Å². The summed E-state index contributed by atoms with van der Waals surface area (Å²) in [6.45, 7) is 9.15. The molecule has 2 aromatic heterocycles. The summed E-state index contributed by atoms with van der Waals surface area (Å²) in [6, 6.07) is 10.1. The van der Waals surface area contributed by atoms with Crippen LogP contribution >= 0.6 is 0 Å². The molecule has 0 saturated carbocycles. The van der Waals surface area contributed by atoms with Gasteiger partial charge in [-0.15, -0.1) is 10.2 Å².